The van der Waals surface area contributed by atoms with Gasteiger partial charge in [-0.25, -0.2) is 0 Å². The van der Waals surface area contributed by atoms with Crippen LogP contribution < -0.4 is 5.32 Å². The normalized spacial score (nSPS) is 19.6. The number of carboxylic acids is 1. The van der Waals surface area contributed by atoms with E-state index < -0.39 is 12.3 Å². The highest BCUT2D eigenvalue weighted by molar-refractivity contribution is 5.80. The number of aliphatic hydroxyl groups excluding tert-OH is 1. The van der Waals surface area contributed by atoms with Crippen LogP contribution >= 0.6 is 0 Å². The summed E-state index contributed by atoms with van der Waals surface area (Å²) < 4.78 is 13.4. The summed E-state index contributed by atoms with van der Waals surface area (Å²) in [5.74, 6) is -1.21. The number of likely N-dealkylation sites (N-methyl/N-ethyl adjacent to an activating group) is 1. The van der Waals surface area contributed by atoms with Crippen LogP contribution in [-0.4, -0.2) is 46.7 Å². The fraction of sp³-hybridized carbons (Fsp3) is 0.316. The van der Waals surface area contributed by atoms with Crippen molar-refractivity contribution in [2.45, 2.75) is 58.0 Å². The van der Waals surface area contributed by atoms with E-state index in [9.17, 15) is 14.7 Å². The molecule has 1 amide bonds. The predicted octanol–water partition coefficient (Wildman–Crippen LogP) is 6.25. The number of aliphatic carboxylic acids is 1. The second-order valence-electron chi connectivity index (χ2n) is 12.0. The number of nitrogens with zero attached hydrogens (tertiary/aromatic N) is 1. The van der Waals surface area contributed by atoms with Crippen molar-refractivity contribution in [3.8, 4) is 11.1 Å². The molecule has 1 aliphatic heterocycles. The molecule has 0 bridgehead atoms. The molecule has 1 heterocycles. The number of nitrogens with one attached hydrogen (secondary N) is 1. The van der Waals surface area contributed by atoms with E-state index in [-0.39, 0.29) is 43.5 Å². The first-order valence-electron chi connectivity index (χ1n) is 15.7. The minimum absolute atomic E-state index is 0.00884. The number of ether oxygens (including phenoxy) is 2. The van der Waals surface area contributed by atoms with Crippen molar-refractivity contribution in [3.63, 3.8) is 0 Å². The van der Waals surface area contributed by atoms with Crippen molar-refractivity contribution in [2.75, 3.05) is 13.6 Å². The Morgan fingerprint density at radius 2 is 1.48 bits per heavy atom. The molecule has 1 fully saturated rings. The average Bonchev–Trinajstić information content (AvgIpc) is 3.08. The van der Waals surface area contributed by atoms with Gasteiger partial charge in [-0.15, -0.1) is 0 Å². The largest absolute Gasteiger partial charge is 0.481 e. The molecule has 8 nitrogen and oxygen atoms in total. The summed E-state index contributed by atoms with van der Waals surface area (Å²) in [5.41, 5.74) is 6.94. The monoisotopic (exact) mass is 622 g/mol. The summed E-state index contributed by atoms with van der Waals surface area (Å²) >= 11 is 0. The molecular formula is C38H42N2O6. The van der Waals surface area contributed by atoms with E-state index in [0.717, 1.165) is 46.5 Å². The number of amides is 1. The highest BCUT2D eigenvalue weighted by atomic mass is 16.7. The lowest BCUT2D eigenvalue weighted by atomic mass is 9.90. The second kappa shape index (κ2) is 15.8. The number of carboxylic acid groups (broad SMARTS) is 1. The van der Waals surface area contributed by atoms with Crippen molar-refractivity contribution >= 4 is 11.9 Å². The lowest BCUT2D eigenvalue weighted by molar-refractivity contribution is -0.276. The molecule has 4 atom stereocenters. The summed E-state index contributed by atoms with van der Waals surface area (Å²) in [6, 6.07) is 34.4. The first-order chi connectivity index (χ1) is 22.3. The quantitative estimate of drug-likeness (QED) is 0.162. The summed E-state index contributed by atoms with van der Waals surface area (Å²) in [4.78, 5) is 25.1. The molecule has 240 valence electrons. The van der Waals surface area contributed by atoms with E-state index in [1.807, 2.05) is 72.8 Å². The topological polar surface area (TPSA) is 108 Å². The smallest absolute Gasteiger partial charge is 0.303 e. The summed E-state index contributed by atoms with van der Waals surface area (Å²) in [6.45, 7) is 4.00. The zero-order valence-corrected chi connectivity index (χ0v) is 26.3. The van der Waals surface area contributed by atoms with Crippen LogP contribution in [0, 0.1) is 5.92 Å². The average molecular weight is 623 g/mol. The number of hydrogen-bond acceptors (Lipinski definition) is 6. The molecule has 1 aliphatic rings. The Labute approximate surface area is 270 Å². The molecule has 0 aromatic heterocycles. The zero-order valence-electron chi connectivity index (χ0n) is 26.3. The fourth-order valence-corrected chi connectivity index (χ4v) is 5.83. The van der Waals surface area contributed by atoms with E-state index in [0.29, 0.717) is 6.54 Å². The highest BCUT2D eigenvalue weighted by Gasteiger charge is 2.38. The summed E-state index contributed by atoms with van der Waals surface area (Å²) in [6.07, 6.45) is -1.15. The molecule has 0 saturated carbocycles. The van der Waals surface area contributed by atoms with Gasteiger partial charge in [0, 0.05) is 37.5 Å². The van der Waals surface area contributed by atoms with Crippen molar-refractivity contribution in [3.05, 3.63) is 131 Å². The van der Waals surface area contributed by atoms with E-state index in [4.69, 9.17) is 14.6 Å². The number of carbonyl (C=O) groups excluding carboxylic acids is 1. The van der Waals surface area contributed by atoms with Crippen LogP contribution in [0.5, 0.6) is 0 Å². The van der Waals surface area contributed by atoms with Crippen LogP contribution in [0.25, 0.3) is 11.1 Å². The van der Waals surface area contributed by atoms with Gasteiger partial charge < -0.3 is 25.0 Å². The third-order valence-corrected chi connectivity index (χ3v) is 8.39. The molecule has 3 N–H and O–H groups in total. The molecule has 8 heteroatoms. The highest BCUT2D eigenvalue weighted by Crippen LogP contribution is 2.42. The first-order valence-corrected chi connectivity index (χ1v) is 15.7. The maximum atomic E-state index is 12.0. The Hall–Kier alpha value is -4.34. The summed E-state index contributed by atoms with van der Waals surface area (Å²) in [5, 5.41) is 21.2. The van der Waals surface area contributed by atoms with Gasteiger partial charge in [0.2, 0.25) is 5.91 Å². The number of carbonyl (C=O) groups is 2. The number of aliphatic hydroxyl groups is 1. The molecular weight excluding hydrogens is 580 g/mol. The maximum absolute atomic E-state index is 12.0. The standard InChI is InChI=1S/C38H42N2O6/c1-26-34(24-40(2)23-27-8-4-3-5-9-27)45-38(46-37(26)30-16-14-28(25-41)15-17-30)33-13-7-12-32(21-33)31-11-6-10-29(20-31)22-39-35(42)18-19-36(43)44/h3-17,20-21,26,34,37-38,41H,18-19,22-25H2,1-2H3,(H,39,42)(H,43,44). The van der Waals surface area contributed by atoms with Gasteiger partial charge >= 0.3 is 5.97 Å². The molecule has 0 radical (unpaired) electrons. The van der Waals surface area contributed by atoms with Gasteiger partial charge in [0.15, 0.2) is 6.29 Å². The molecule has 5 rings (SSSR count). The van der Waals surface area contributed by atoms with Crippen LogP contribution in [0.2, 0.25) is 0 Å². The van der Waals surface area contributed by atoms with Gasteiger partial charge in [0.1, 0.15) is 0 Å². The molecule has 4 unspecified atom stereocenters. The van der Waals surface area contributed by atoms with Gasteiger partial charge in [-0.05, 0) is 52.6 Å². The molecule has 4 aromatic rings. The van der Waals surface area contributed by atoms with Gasteiger partial charge in [-0.2, -0.15) is 0 Å². The van der Waals surface area contributed by atoms with Gasteiger partial charge in [0.05, 0.1) is 25.2 Å². The molecule has 1 saturated heterocycles. The fourth-order valence-electron chi connectivity index (χ4n) is 5.83. The lowest BCUT2D eigenvalue weighted by Gasteiger charge is -2.42. The van der Waals surface area contributed by atoms with E-state index in [1.165, 1.54) is 5.56 Å². The number of benzene rings is 4. The minimum Gasteiger partial charge on any atom is -0.481 e. The van der Waals surface area contributed by atoms with Gasteiger partial charge in [0.25, 0.3) is 0 Å². The molecule has 4 aromatic carbocycles. The first kappa shape index (κ1) is 33.0. The van der Waals surface area contributed by atoms with Crippen LogP contribution in [0.1, 0.15) is 60.0 Å². The van der Waals surface area contributed by atoms with Crippen LogP contribution in [0.3, 0.4) is 0 Å². The second-order valence-corrected chi connectivity index (χ2v) is 12.0. The van der Waals surface area contributed by atoms with E-state index in [1.54, 1.807) is 0 Å². The SMILES string of the molecule is CC1C(CN(C)Cc2ccccc2)OC(c2cccc(-c3cccc(CNC(=O)CCC(=O)O)c3)c2)OC1c1ccc(CO)cc1. The van der Waals surface area contributed by atoms with Crippen molar-refractivity contribution < 1.29 is 29.3 Å². The Morgan fingerprint density at radius 3 is 2.20 bits per heavy atom. The Bertz CT molecular complexity index is 1590. The third kappa shape index (κ3) is 8.89. The third-order valence-electron chi connectivity index (χ3n) is 8.39. The van der Waals surface area contributed by atoms with Crippen LogP contribution in [0.15, 0.2) is 103 Å². The Morgan fingerprint density at radius 1 is 0.783 bits per heavy atom. The van der Waals surface area contributed by atoms with Crippen LogP contribution in [-0.2, 0) is 38.8 Å². The lowest BCUT2D eigenvalue weighted by Crippen LogP contribution is -2.43. The summed E-state index contributed by atoms with van der Waals surface area (Å²) in [7, 11) is 2.11. The Kier molecular flexibility index (Phi) is 11.3. The van der Waals surface area contributed by atoms with E-state index >= 15 is 0 Å². The van der Waals surface area contributed by atoms with Crippen molar-refractivity contribution in [1.82, 2.24) is 10.2 Å². The molecule has 46 heavy (non-hydrogen) atoms. The van der Waals surface area contributed by atoms with Gasteiger partial charge in [-0.1, -0.05) is 97.9 Å². The van der Waals surface area contributed by atoms with Crippen molar-refractivity contribution in [2.24, 2.45) is 5.92 Å². The van der Waals surface area contributed by atoms with E-state index in [2.05, 4.69) is 54.5 Å². The zero-order chi connectivity index (χ0) is 32.5. The molecule has 0 spiro atoms. The van der Waals surface area contributed by atoms with Gasteiger partial charge in [-0.3, -0.25) is 14.5 Å². The number of rotatable bonds is 13. The maximum Gasteiger partial charge on any atom is 0.303 e. The number of hydrogen-bond donors (Lipinski definition) is 3. The molecule has 0 aliphatic carbocycles. The predicted molar refractivity (Wildman–Crippen MR) is 176 cm³/mol. The Balaban J connectivity index is 1.35. The van der Waals surface area contributed by atoms with Crippen LogP contribution in [0.4, 0.5) is 0 Å². The van der Waals surface area contributed by atoms with Crippen molar-refractivity contribution in [1.29, 1.82) is 0 Å². The minimum atomic E-state index is -0.992.